The third-order valence-electron chi connectivity index (χ3n) is 3.43. The summed E-state index contributed by atoms with van der Waals surface area (Å²) in [6, 6.07) is 11.2. The van der Waals surface area contributed by atoms with Crippen molar-refractivity contribution in [3.8, 4) is 0 Å². The molecule has 124 valence electrons. The largest absolute Gasteiger partial charge is 0.475 e. The maximum atomic E-state index is 10.8. The van der Waals surface area contributed by atoms with Crippen LogP contribution in [0, 0.1) is 6.92 Å². The zero-order valence-corrected chi connectivity index (χ0v) is 13.8. The molecule has 2 aromatic heterocycles. The van der Waals surface area contributed by atoms with Gasteiger partial charge in [-0.3, -0.25) is 0 Å². The summed E-state index contributed by atoms with van der Waals surface area (Å²) in [5, 5.41) is 17.6. The predicted molar refractivity (Wildman–Crippen MR) is 89.4 cm³/mol. The van der Waals surface area contributed by atoms with Crippen molar-refractivity contribution < 1.29 is 14.3 Å². The number of nitrogens with two attached hydrogens (primary N) is 1. The van der Waals surface area contributed by atoms with Crippen molar-refractivity contribution in [1.82, 2.24) is 14.9 Å². The van der Waals surface area contributed by atoms with Crippen molar-refractivity contribution in [3.05, 3.63) is 64.9 Å². The molecule has 0 amide bonds. The van der Waals surface area contributed by atoms with Crippen molar-refractivity contribution in [2.45, 2.75) is 24.3 Å². The second-order valence-corrected chi connectivity index (χ2v) is 6.23. The number of nitrogens with zero attached hydrogens (tertiary/aromatic N) is 3. The molecule has 3 aromatic rings. The quantitative estimate of drug-likeness (QED) is 0.522. The number of rotatable bonds is 6. The Morgan fingerprint density at radius 2 is 2.00 bits per heavy atom. The molecule has 0 fully saturated rings. The topological polar surface area (TPSA) is 107 Å². The van der Waals surface area contributed by atoms with Crippen LogP contribution in [0.25, 0.3) is 0 Å². The summed E-state index contributed by atoms with van der Waals surface area (Å²) < 4.78 is 6.65. The minimum Gasteiger partial charge on any atom is -0.475 e. The average molecular weight is 344 g/mol. The average Bonchev–Trinajstić information content (AvgIpc) is 3.16. The van der Waals surface area contributed by atoms with Crippen LogP contribution in [0.4, 0.5) is 0 Å². The first-order valence-corrected chi connectivity index (χ1v) is 8.21. The van der Waals surface area contributed by atoms with E-state index in [1.54, 1.807) is 6.07 Å². The summed E-state index contributed by atoms with van der Waals surface area (Å²) in [5.74, 6) is 6.50. The van der Waals surface area contributed by atoms with Gasteiger partial charge in [-0.1, -0.05) is 41.6 Å². The standard InChI is InChI=1S/C16H16N4O3S/c1-10-2-4-11(5-3-10)8-14-18-19-16(20(14)17)24-9-12-6-7-13(23-12)15(21)22/h2-7H,8-9,17H2,1H3,(H,21,22). The third-order valence-corrected chi connectivity index (χ3v) is 4.40. The van der Waals surface area contributed by atoms with Gasteiger partial charge in [0, 0.05) is 6.42 Å². The molecule has 3 rings (SSSR count). The highest BCUT2D eigenvalue weighted by Crippen LogP contribution is 2.22. The van der Waals surface area contributed by atoms with E-state index in [1.165, 1.54) is 28.1 Å². The zero-order valence-electron chi connectivity index (χ0n) is 13.0. The molecule has 0 saturated carbocycles. The molecular formula is C16H16N4O3S. The molecular weight excluding hydrogens is 328 g/mol. The zero-order chi connectivity index (χ0) is 17.1. The number of carboxylic acid groups (broad SMARTS) is 1. The lowest BCUT2D eigenvalue weighted by Crippen LogP contribution is -2.14. The number of carboxylic acids is 1. The van der Waals surface area contributed by atoms with Crippen LogP contribution >= 0.6 is 11.8 Å². The summed E-state index contributed by atoms with van der Waals surface area (Å²) in [7, 11) is 0. The summed E-state index contributed by atoms with van der Waals surface area (Å²) in [4.78, 5) is 10.8. The second kappa shape index (κ2) is 6.79. The molecule has 8 heteroatoms. The first-order valence-electron chi connectivity index (χ1n) is 7.22. The molecule has 0 aliphatic carbocycles. The fraction of sp³-hybridized carbons (Fsp3) is 0.188. The molecule has 0 aliphatic rings. The van der Waals surface area contributed by atoms with Crippen molar-refractivity contribution in [1.29, 1.82) is 0 Å². The number of furan rings is 1. The van der Waals surface area contributed by atoms with Crippen LogP contribution in [0.15, 0.2) is 46.0 Å². The molecule has 0 unspecified atom stereocenters. The predicted octanol–water partition coefficient (Wildman–Crippen LogP) is 2.47. The third kappa shape index (κ3) is 3.60. The van der Waals surface area contributed by atoms with Crippen molar-refractivity contribution >= 4 is 17.7 Å². The number of nitrogen functional groups attached to an aromatic ring is 1. The van der Waals surface area contributed by atoms with E-state index in [0.29, 0.717) is 28.9 Å². The maximum absolute atomic E-state index is 10.8. The van der Waals surface area contributed by atoms with E-state index in [4.69, 9.17) is 15.4 Å². The minimum absolute atomic E-state index is 0.0834. The van der Waals surface area contributed by atoms with Crippen LogP contribution in [0.5, 0.6) is 0 Å². The molecule has 7 nitrogen and oxygen atoms in total. The van der Waals surface area contributed by atoms with Gasteiger partial charge in [0.1, 0.15) is 5.76 Å². The SMILES string of the molecule is Cc1ccc(Cc2nnc(SCc3ccc(C(=O)O)o3)n2N)cc1. The summed E-state index contributed by atoms with van der Waals surface area (Å²) >= 11 is 1.34. The highest BCUT2D eigenvalue weighted by atomic mass is 32.2. The normalized spacial score (nSPS) is 10.9. The Morgan fingerprint density at radius 3 is 2.67 bits per heavy atom. The van der Waals surface area contributed by atoms with Crippen LogP contribution in [0.1, 0.15) is 33.3 Å². The van der Waals surface area contributed by atoms with Gasteiger partial charge in [-0.2, -0.15) is 0 Å². The Morgan fingerprint density at radius 1 is 1.25 bits per heavy atom. The Kier molecular flexibility index (Phi) is 4.57. The number of benzene rings is 1. The molecule has 24 heavy (non-hydrogen) atoms. The van der Waals surface area contributed by atoms with E-state index in [0.717, 1.165) is 5.56 Å². The van der Waals surface area contributed by atoms with E-state index in [2.05, 4.69) is 10.2 Å². The van der Waals surface area contributed by atoms with Gasteiger partial charge in [0.15, 0.2) is 5.82 Å². The summed E-state index contributed by atoms with van der Waals surface area (Å²) in [6.45, 7) is 2.04. The first kappa shape index (κ1) is 16.1. The van der Waals surface area contributed by atoms with Crippen LogP contribution in [0.2, 0.25) is 0 Å². The Labute approximate surface area is 142 Å². The van der Waals surface area contributed by atoms with E-state index >= 15 is 0 Å². The lowest BCUT2D eigenvalue weighted by atomic mass is 10.1. The van der Waals surface area contributed by atoms with E-state index in [1.807, 2.05) is 31.2 Å². The van der Waals surface area contributed by atoms with E-state index in [-0.39, 0.29) is 5.76 Å². The number of aryl methyl sites for hydroxylation is 1. The lowest BCUT2D eigenvalue weighted by molar-refractivity contribution is 0.0661. The minimum atomic E-state index is -1.09. The molecule has 3 N–H and O–H groups in total. The number of hydrogen-bond acceptors (Lipinski definition) is 6. The van der Waals surface area contributed by atoms with Crippen LogP contribution in [0.3, 0.4) is 0 Å². The van der Waals surface area contributed by atoms with Crippen LogP contribution in [-0.2, 0) is 12.2 Å². The Bertz CT molecular complexity index is 855. The highest BCUT2D eigenvalue weighted by Gasteiger charge is 2.13. The van der Waals surface area contributed by atoms with Gasteiger partial charge in [0.2, 0.25) is 10.9 Å². The molecule has 0 aliphatic heterocycles. The van der Waals surface area contributed by atoms with Crippen molar-refractivity contribution in [2.24, 2.45) is 0 Å². The molecule has 2 heterocycles. The monoisotopic (exact) mass is 344 g/mol. The molecule has 0 saturated heterocycles. The number of carbonyl (C=O) groups is 1. The molecule has 1 aromatic carbocycles. The second-order valence-electron chi connectivity index (χ2n) is 5.29. The highest BCUT2D eigenvalue weighted by molar-refractivity contribution is 7.98. The molecule has 0 spiro atoms. The van der Waals surface area contributed by atoms with E-state index < -0.39 is 5.97 Å². The number of aromatic carboxylic acids is 1. The van der Waals surface area contributed by atoms with Gasteiger partial charge >= 0.3 is 5.97 Å². The summed E-state index contributed by atoms with van der Waals surface area (Å²) in [6.07, 6.45) is 0.592. The van der Waals surface area contributed by atoms with Gasteiger partial charge < -0.3 is 15.4 Å². The molecule has 0 atom stereocenters. The van der Waals surface area contributed by atoms with Crippen molar-refractivity contribution in [2.75, 3.05) is 5.84 Å². The number of thioether (sulfide) groups is 1. The number of aromatic nitrogens is 3. The lowest BCUT2D eigenvalue weighted by Gasteiger charge is -2.03. The fourth-order valence-electron chi connectivity index (χ4n) is 2.12. The van der Waals surface area contributed by atoms with E-state index in [9.17, 15) is 4.79 Å². The van der Waals surface area contributed by atoms with Gasteiger partial charge in [-0.15, -0.1) is 10.2 Å². The van der Waals surface area contributed by atoms with Gasteiger partial charge in [0.05, 0.1) is 5.75 Å². The number of hydrogen-bond donors (Lipinski definition) is 2. The summed E-state index contributed by atoms with van der Waals surface area (Å²) in [5.41, 5.74) is 2.30. The van der Waals surface area contributed by atoms with Crippen molar-refractivity contribution in [3.63, 3.8) is 0 Å². The van der Waals surface area contributed by atoms with Crippen LogP contribution in [-0.4, -0.2) is 25.9 Å². The first-order chi connectivity index (χ1) is 11.5. The fourth-order valence-corrected chi connectivity index (χ4v) is 2.89. The molecule has 0 bridgehead atoms. The Hall–Kier alpha value is -2.74. The smallest absolute Gasteiger partial charge is 0.371 e. The van der Waals surface area contributed by atoms with Gasteiger partial charge in [-0.25, -0.2) is 9.47 Å². The Balaban J connectivity index is 1.65. The van der Waals surface area contributed by atoms with Gasteiger partial charge in [0.25, 0.3) is 0 Å². The molecule has 0 radical (unpaired) electrons. The van der Waals surface area contributed by atoms with Gasteiger partial charge in [-0.05, 0) is 24.6 Å². The maximum Gasteiger partial charge on any atom is 0.371 e. The van der Waals surface area contributed by atoms with Crippen LogP contribution < -0.4 is 5.84 Å².